The van der Waals surface area contributed by atoms with E-state index in [9.17, 15) is 4.79 Å². The zero-order chi connectivity index (χ0) is 21.1. The number of nitrogens with zero attached hydrogens (tertiary/aromatic N) is 4. The molecule has 1 saturated heterocycles. The van der Waals surface area contributed by atoms with Crippen molar-refractivity contribution in [1.82, 2.24) is 19.4 Å². The molecule has 0 aliphatic carbocycles. The van der Waals surface area contributed by atoms with Gasteiger partial charge in [-0.25, -0.2) is 9.97 Å². The first-order valence-electron chi connectivity index (χ1n) is 9.84. The van der Waals surface area contributed by atoms with Gasteiger partial charge in [0.25, 0.3) is 0 Å². The molecule has 3 heterocycles. The third-order valence-electron chi connectivity index (χ3n) is 5.10. The smallest absolute Gasteiger partial charge is 0.250 e. The summed E-state index contributed by atoms with van der Waals surface area (Å²) in [5, 5.41) is 0.438. The summed E-state index contributed by atoms with van der Waals surface area (Å²) in [6.45, 7) is 3.12. The van der Waals surface area contributed by atoms with Crippen LogP contribution < -0.4 is 4.74 Å². The number of imidazole rings is 1. The number of methoxy groups -OCH3 is 1. The number of benzene rings is 1. The number of rotatable bonds is 5. The fraction of sp³-hybridized carbons (Fsp3) is 0.261. The van der Waals surface area contributed by atoms with Crippen LogP contribution in [-0.4, -0.2) is 39.0 Å². The number of amides is 1. The standard InChI is InChI=1S/C23H23ClN4O2/c1-16-13-28(15-25-16)20-9-8-17(12-21(20)30-2)11-18-5-4-10-27(23(18)29)14-19-6-3-7-22(24)26-19/h3,6-9,11-13,15H,4-5,10,14H2,1-2H3. The second-order valence-corrected chi connectivity index (χ2v) is 7.69. The molecule has 0 atom stereocenters. The predicted octanol–water partition coefficient (Wildman–Crippen LogP) is 4.44. The molecule has 154 valence electrons. The van der Waals surface area contributed by atoms with Gasteiger partial charge < -0.3 is 14.2 Å². The topological polar surface area (TPSA) is 60.2 Å². The van der Waals surface area contributed by atoms with Crippen LogP contribution in [0.2, 0.25) is 5.15 Å². The second-order valence-electron chi connectivity index (χ2n) is 7.31. The molecule has 1 aliphatic rings. The lowest BCUT2D eigenvalue weighted by molar-refractivity contribution is -0.129. The number of likely N-dealkylation sites (tertiary alicyclic amines) is 1. The normalized spacial score (nSPS) is 15.6. The van der Waals surface area contributed by atoms with Gasteiger partial charge in [0, 0.05) is 18.3 Å². The van der Waals surface area contributed by atoms with Gasteiger partial charge in [0.15, 0.2) is 0 Å². The summed E-state index contributed by atoms with van der Waals surface area (Å²) in [5.74, 6) is 0.765. The van der Waals surface area contributed by atoms with Crippen molar-refractivity contribution in [3.63, 3.8) is 0 Å². The van der Waals surface area contributed by atoms with Crippen molar-refractivity contribution in [2.45, 2.75) is 26.3 Å². The highest BCUT2D eigenvalue weighted by Crippen LogP contribution is 2.27. The molecule has 0 N–H and O–H groups in total. The molecule has 0 radical (unpaired) electrons. The Morgan fingerprint density at radius 3 is 2.87 bits per heavy atom. The van der Waals surface area contributed by atoms with E-state index < -0.39 is 0 Å². The Kier molecular flexibility index (Phi) is 5.86. The van der Waals surface area contributed by atoms with Gasteiger partial charge in [-0.15, -0.1) is 0 Å². The summed E-state index contributed by atoms with van der Waals surface area (Å²) in [6, 6.07) is 11.4. The number of ether oxygens (including phenoxy) is 1. The average molecular weight is 423 g/mol. The molecule has 2 aromatic heterocycles. The first kappa shape index (κ1) is 20.2. The van der Waals surface area contributed by atoms with Gasteiger partial charge in [-0.2, -0.15) is 0 Å². The number of hydrogen-bond donors (Lipinski definition) is 0. The fourth-order valence-corrected chi connectivity index (χ4v) is 3.82. The monoisotopic (exact) mass is 422 g/mol. The van der Waals surface area contributed by atoms with Crippen LogP contribution in [0.15, 0.2) is 54.5 Å². The molecule has 0 saturated carbocycles. The third-order valence-corrected chi connectivity index (χ3v) is 5.31. The van der Waals surface area contributed by atoms with Crippen molar-refractivity contribution >= 4 is 23.6 Å². The van der Waals surface area contributed by atoms with Gasteiger partial charge >= 0.3 is 0 Å². The molecule has 7 heteroatoms. The van der Waals surface area contributed by atoms with Crippen LogP contribution in [0.25, 0.3) is 11.8 Å². The second kappa shape index (κ2) is 8.71. The van der Waals surface area contributed by atoms with E-state index in [1.165, 1.54) is 0 Å². The minimum Gasteiger partial charge on any atom is -0.495 e. The molecule has 6 nitrogen and oxygen atoms in total. The summed E-state index contributed by atoms with van der Waals surface area (Å²) >= 11 is 5.98. The number of halogens is 1. The van der Waals surface area contributed by atoms with Crippen LogP contribution in [-0.2, 0) is 11.3 Å². The molecule has 1 aliphatic heterocycles. The molecule has 1 aromatic carbocycles. The number of piperidine rings is 1. The molecular weight excluding hydrogens is 400 g/mol. The molecule has 4 rings (SSSR count). The van der Waals surface area contributed by atoms with Gasteiger partial charge in [-0.1, -0.05) is 23.7 Å². The Bertz CT molecular complexity index is 1110. The lowest BCUT2D eigenvalue weighted by Crippen LogP contribution is -2.36. The zero-order valence-corrected chi connectivity index (χ0v) is 17.8. The number of hydrogen-bond acceptors (Lipinski definition) is 4. The van der Waals surface area contributed by atoms with Crippen molar-refractivity contribution < 1.29 is 9.53 Å². The summed E-state index contributed by atoms with van der Waals surface area (Å²) in [6.07, 6.45) is 7.33. The lowest BCUT2D eigenvalue weighted by Gasteiger charge is -2.28. The van der Waals surface area contributed by atoms with Crippen LogP contribution in [0.3, 0.4) is 0 Å². The highest BCUT2D eigenvalue weighted by Gasteiger charge is 2.23. The molecule has 0 spiro atoms. The van der Waals surface area contributed by atoms with Gasteiger partial charge in [0.1, 0.15) is 10.9 Å². The van der Waals surface area contributed by atoms with E-state index in [2.05, 4.69) is 9.97 Å². The molecule has 3 aromatic rings. The van der Waals surface area contributed by atoms with E-state index in [-0.39, 0.29) is 5.91 Å². The summed E-state index contributed by atoms with van der Waals surface area (Å²) in [7, 11) is 1.64. The molecule has 0 bridgehead atoms. The summed E-state index contributed by atoms with van der Waals surface area (Å²) in [5.41, 5.74) is 4.35. The van der Waals surface area contributed by atoms with E-state index in [1.807, 2.05) is 59.0 Å². The third kappa shape index (κ3) is 4.39. The zero-order valence-electron chi connectivity index (χ0n) is 17.0. The van der Waals surface area contributed by atoms with E-state index in [0.29, 0.717) is 18.2 Å². The van der Waals surface area contributed by atoms with Gasteiger partial charge in [0.2, 0.25) is 5.91 Å². The number of aromatic nitrogens is 3. The maximum atomic E-state index is 13.0. The number of carbonyl (C=O) groups is 1. The Hall–Kier alpha value is -3.12. The van der Waals surface area contributed by atoms with Crippen LogP contribution in [0.4, 0.5) is 0 Å². The summed E-state index contributed by atoms with van der Waals surface area (Å²) < 4.78 is 7.51. The van der Waals surface area contributed by atoms with Crippen molar-refractivity contribution in [3.8, 4) is 11.4 Å². The number of aryl methyl sites for hydroxylation is 1. The van der Waals surface area contributed by atoms with Crippen LogP contribution >= 0.6 is 11.6 Å². The highest BCUT2D eigenvalue weighted by molar-refractivity contribution is 6.29. The Morgan fingerprint density at radius 1 is 1.27 bits per heavy atom. The van der Waals surface area contributed by atoms with Gasteiger partial charge in [-0.3, -0.25) is 4.79 Å². The van der Waals surface area contributed by atoms with Crippen molar-refractivity contribution in [1.29, 1.82) is 0 Å². The van der Waals surface area contributed by atoms with Crippen LogP contribution in [0.5, 0.6) is 5.75 Å². The summed E-state index contributed by atoms with van der Waals surface area (Å²) in [4.78, 5) is 23.4. The first-order valence-corrected chi connectivity index (χ1v) is 10.2. The molecule has 1 amide bonds. The van der Waals surface area contributed by atoms with Crippen LogP contribution in [0.1, 0.15) is 29.8 Å². The van der Waals surface area contributed by atoms with E-state index in [4.69, 9.17) is 16.3 Å². The average Bonchev–Trinajstić information content (AvgIpc) is 3.17. The largest absolute Gasteiger partial charge is 0.495 e. The predicted molar refractivity (Wildman–Crippen MR) is 117 cm³/mol. The van der Waals surface area contributed by atoms with E-state index >= 15 is 0 Å². The molecule has 30 heavy (non-hydrogen) atoms. The van der Waals surface area contributed by atoms with Crippen molar-refractivity contribution in [3.05, 3.63) is 76.6 Å². The van der Waals surface area contributed by atoms with E-state index in [1.54, 1.807) is 19.5 Å². The minimum atomic E-state index is 0.0382. The van der Waals surface area contributed by atoms with Gasteiger partial charge in [-0.05, 0) is 55.7 Å². The molecule has 0 unspecified atom stereocenters. The molecular formula is C23H23ClN4O2. The minimum absolute atomic E-state index is 0.0382. The lowest BCUT2D eigenvalue weighted by atomic mass is 10.0. The highest BCUT2D eigenvalue weighted by atomic mass is 35.5. The van der Waals surface area contributed by atoms with E-state index in [0.717, 1.165) is 46.8 Å². The SMILES string of the molecule is COc1cc(C=C2CCCN(Cc3cccc(Cl)n3)C2=O)ccc1-n1cnc(C)c1. The first-order chi connectivity index (χ1) is 14.5. The van der Waals surface area contributed by atoms with Crippen LogP contribution in [0, 0.1) is 6.92 Å². The fourth-order valence-electron chi connectivity index (χ4n) is 3.64. The van der Waals surface area contributed by atoms with Crippen molar-refractivity contribution in [2.75, 3.05) is 13.7 Å². The Labute approximate surface area is 180 Å². The molecule has 1 fully saturated rings. The maximum absolute atomic E-state index is 13.0. The number of carbonyl (C=O) groups excluding carboxylic acids is 1. The quantitative estimate of drug-likeness (QED) is 0.450. The Balaban J connectivity index is 1.56. The van der Waals surface area contributed by atoms with Gasteiger partial charge in [0.05, 0.1) is 37.1 Å². The van der Waals surface area contributed by atoms with Crippen molar-refractivity contribution in [2.24, 2.45) is 0 Å². The maximum Gasteiger partial charge on any atom is 0.250 e. The Morgan fingerprint density at radius 2 is 2.13 bits per heavy atom. The number of pyridine rings is 1.